The Balaban J connectivity index is 2.28. The lowest BCUT2D eigenvalue weighted by molar-refractivity contribution is 0.0686. The molecule has 2 heterocycles. The van der Waals surface area contributed by atoms with Gasteiger partial charge in [-0.3, -0.25) is 0 Å². The summed E-state index contributed by atoms with van der Waals surface area (Å²) in [6, 6.07) is 5.09. The van der Waals surface area contributed by atoms with Crippen molar-refractivity contribution in [1.82, 2.24) is 4.98 Å². The molecule has 0 aromatic carbocycles. The van der Waals surface area contributed by atoms with Crippen molar-refractivity contribution in [2.45, 2.75) is 6.10 Å². The molecule has 1 aliphatic rings. The largest absolute Gasteiger partial charge is 0.478 e. The predicted octanol–water partition coefficient (Wildman–Crippen LogP) is 0.509. The Hall–Kier alpha value is -2.13. The molecule has 2 rings (SSSR count). The van der Waals surface area contributed by atoms with Gasteiger partial charge in [0.1, 0.15) is 11.4 Å². The van der Waals surface area contributed by atoms with Crippen LogP contribution in [0.25, 0.3) is 0 Å². The molecule has 0 saturated carbocycles. The molecule has 1 fully saturated rings. The molecule has 6 nitrogen and oxygen atoms in total. The highest BCUT2D eigenvalue weighted by Gasteiger charge is 2.24. The van der Waals surface area contributed by atoms with Crippen LogP contribution >= 0.6 is 0 Å². The van der Waals surface area contributed by atoms with Crippen LogP contribution in [0.4, 0.5) is 5.82 Å². The van der Waals surface area contributed by atoms with Crippen molar-refractivity contribution in [1.29, 1.82) is 5.26 Å². The Labute approximate surface area is 98.1 Å². The minimum Gasteiger partial charge on any atom is -0.478 e. The van der Waals surface area contributed by atoms with E-state index in [1.807, 2.05) is 6.07 Å². The van der Waals surface area contributed by atoms with E-state index in [9.17, 15) is 4.79 Å². The number of carboxylic acids is 1. The zero-order valence-corrected chi connectivity index (χ0v) is 9.04. The quantitative estimate of drug-likeness (QED) is 0.800. The van der Waals surface area contributed by atoms with E-state index in [0.717, 1.165) is 0 Å². The average molecular weight is 233 g/mol. The van der Waals surface area contributed by atoms with E-state index in [1.54, 1.807) is 17.2 Å². The van der Waals surface area contributed by atoms with Crippen LogP contribution in [-0.2, 0) is 4.74 Å². The van der Waals surface area contributed by atoms with Gasteiger partial charge in [-0.25, -0.2) is 9.78 Å². The molecule has 1 aromatic heterocycles. The number of hydrogen-bond acceptors (Lipinski definition) is 5. The highest BCUT2D eigenvalue weighted by Crippen LogP contribution is 2.19. The highest BCUT2D eigenvalue weighted by molar-refractivity contribution is 5.93. The average Bonchev–Trinajstić information content (AvgIpc) is 2.39. The number of aromatic nitrogens is 1. The Morgan fingerprint density at radius 1 is 1.71 bits per heavy atom. The topological polar surface area (TPSA) is 86.5 Å². The van der Waals surface area contributed by atoms with E-state index in [0.29, 0.717) is 25.5 Å². The van der Waals surface area contributed by atoms with Crippen LogP contribution in [0.2, 0.25) is 0 Å². The van der Waals surface area contributed by atoms with Crippen LogP contribution in [0, 0.1) is 11.3 Å². The van der Waals surface area contributed by atoms with Crippen molar-refractivity contribution >= 4 is 11.8 Å². The van der Waals surface area contributed by atoms with Crippen molar-refractivity contribution < 1.29 is 14.6 Å². The number of carboxylic acid groups (broad SMARTS) is 1. The van der Waals surface area contributed by atoms with Crippen LogP contribution in [0.3, 0.4) is 0 Å². The summed E-state index contributed by atoms with van der Waals surface area (Å²) in [4.78, 5) is 16.9. The molecule has 1 aliphatic heterocycles. The molecule has 1 unspecified atom stereocenters. The first-order chi connectivity index (χ1) is 8.22. The molecule has 1 N–H and O–H groups in total. The monoisotopic (exact) mass is 233 g/mol. The number of nitrogens with zero attached hydrogens (tertiary/aromatic N) is 3. The standard InChI is InChI=1S/C11H11N3O3/c12-6-8-7-14(4-5-17-8)10-9(11(15)16)2-1-3-13-10/h1-3,8H,4-5,7H2,(H,15,16). The number of anilines is 1. The molecule has 0 bridgehead atoms. The summed E-state index contributed by atoms with van der Waals surface area (Å²) >= 11 is 0. The summed E-state index contributed by atoms with van der Waals surface area (Å²) in [5.74, 6) is -0.628. The first kappa shape index (κ1) is 11.4. The van der Waals surface area contributed by atoms with Crippen molar-refractivity contribution in [3.8, 4) is 6.07 Å². The van der Waals surface area contributed by atoms with Gasteiger partial charge in [-0.15, -0.1) is 0 Å². The third-order valence-corrected chi connectivity index (χ3v) is 2.53. The summed E-state index contributed by atoms with van der Waals surface area (Å²) in [5, 5.41) is 17.9. The fourth-order valence-electron chi connectivity index (χ4n) is 1.74. The maximum atomic E-state index is 11.1. The van der Waals surface area contributed by atoms with Gasteiger partial charge < -0.3 is 14.7 Å². The summed E-state index contributed by atoms with van der Waals surface area (Å²) in [6.45, 7) is 1.27. The minimum atomic E-state index is -1.02. The van der Waals surface area contributed by atoms with E-state index < -0.39 is 12.1 Å². The molecule has 0 aliphatic carbocycles. The first-order valence-corrected chi connectivity index (χ1v) is 5.17. The van der Waals surface area contributed by atoms with Gasteiger partial charge in [-0.05, 0) is 12.1 Å². The second kappa shape index (κ2) is 4.80. The molecule has 17 heavy (non-hydrogen) atoms. The third kappa shape index (κ3) is 2.34. The molecule has 0 amide bonds. The van der Waals surface area contributed by atoms with E-state index in [-0.39, 0.29) is 5.56 Å². The Bertz CT molecular complexity index is 469. The predicted molar refractivity (Wildman–Crippen MR) is 58.8 cm³/mol. The van der Waals surface area contributed by atoms with E-state index >= 15 is 0 Å². The third-order valence-electron chi connectivity index (χ3n) is 2.53. The number of nitriles is 1. The smallest absolute Gasteiger partial charge is 0.339 e. The molecule has 1 aromatic rings. The molecule has 1 saturated heterocycles. The van der Waals surface area contributed by atoms with Crippen LogP contribution in [-0.4, -0.2) is 41.9 Å². The van der Waals surface area contributed by atoms with Crippen molar-refractivity contribution in [2.24, 2.45) is 0 Å². The second-order valence-corrected chi connectivity index (χ2v) is 3.61. The number of rotatable bonds is 2. The van der Waals surface area contributed by atoms with Crippen molar-refractivity contribution in [3.63, 3.8) is 0 Å². The van der Waals surface area contributed by atoms with Crippen molar-refractivity contribution in [2.75, 3.05) is 24.6 Å². The van der Waals surface area contributed by atoms with Gasteiger partial charge in [0.05, 0.1) is 19.2 Å². The second-order valence-electron chi connectivity index (χ2n) is 3.61. The fraction of sp³-hybridized carbons (Fsp3) is 0.364. The highest BCUT2D eigenvalue weighted by atomic mass is 16.5. The molecule has 1 atom stereocenters. The Morgan fingerprint density at radius 3 is 3.24 bits per heavy atom. The number of aromatic carboxylic acids is 1. The van der Waals surface area contributed by atoms with Gasteiger partial charge in [-0.2, -0.15) is 5.26 Å². The molecular formula is C11H11N3O3. The van der Waals surface area contributed by atoms with Crippen molar-refractivity contribution in [3.05, 3.63) is 23.9 Å². The first-order valence-electron chi connectivity index (χ1n) is 5.17. The minimum absolute atomic E-state index is 0.145. The Morgan fingerprint density at radius 2 is 2.53 bits per heavy atom. The lowest BCUT2D eigenvalue weighted by Crippen LogP contribution is -2.42. The lowest BCUT2D eigenvalue weighted by atomic mass is 10.2. The van der Waals surface area contributed by atoms with Crippen LogP contribution in [0.1, 0.15) is 10.4 Å². The molecule has 0 radical (unpaired) electrons. The lowest BCUT2D eigenvalue weighted by Gasteiger charge is -2.31. The van der Waals surface area contributed by atoms with E-state index in [2.05, 4.69) is 4.98 Å². The van der Waals surface area contributed by atoms with Gasteiger partial charge in [0.2, 0.25) is 0 Å². The zero-order valence-electron chi connectivity index (χ0n) is 9.04. The normalized spacial score (nSPS) is 19.7. The van der Waals surface area contributed by atoms with Crippen LogP contribution in [0.5, 0.6) is 0 Å². The van der Waals surface area contributed by atoms with E-state index in [1.165, 1.54) is 6.07 Å². The SMILES string of the molecule is N#CC1CN(c2ncccc2C(=O)O)CCO1. The number of pyridine rings is 1. The molecule has 6 heteroatoms. The van der Waals surface area contributed by atoms with Gasteiger partial charge in [0, 0.05) is 12.7 Å². The maximum Gasteiger partial charge on any atom is 0.339 e. The number of hydrogen-bond donors (Lipinski definition) is 1. The van der Waals surface area contributed by atoms with E-state index in [4.69, 9.17) is 15.1 Å². The molecule has 0 spiro atoms. The van der Waals surface area contributed by atoms with Crippen LogP contribution < -0.4 is 4.90 Å². The van der Waals surface area contributed by atoms with Gasteiger partial charge in [0.15, 0.2) is 6.10 Å². The summed E-state index contributed by atoms with van der Waals surface area (Å²) in [5.41, 5.74) is 0.145. The molecular weight excluding hydrogens is 222 g/mol. The molecule has 88 valence electrons. The number of morpholine rings is 1. The zero-order chi connectivity index (χ0) is 12.3. The fourth-order valence-corrected chi connectivity index (χ4v) is 1.74. The summed E-state index contributed by atoms with van der Waals surface area (Å²) in [7, 11) is 0. The number of carbonyl (C=O) groups is 1. The summed E-state index contributed by atoms with van der Waals surface area (Å²) in [6.07, 6.45) is 1.01. The van der Waals surface area contributed by atoms with Gasteiger partial charge in [-0.1, -0.05) is 0 Å². The maximum absolute atomic E-state index is 11.1. The number of ether oxygens (including phenoxy) is 1. The van der Waals surface area contributed by atoms with Gasteiger partial charge in [0.25, 0.3) is 0 Å². The van der Waals surface area contributed by atoms with Gasteiger partial charge >= 0.3 is 5.97 Å². The van der Waals surface area contributed by atoms with Crippen LogP contribution in [0.15, 0.2) is 18.3 Å². The Kier molecular flexibility index (Phi) is 3.21. The summed E-state index contributed by atoms with van der Waals surface area (Å²) < 4.78 is 5.20.